The van der Waals surface area contributed by atoms with Gasteiger partial charge in [0.2, 0.25) is 0 Å². The number of fused-ring (bicyclic) bond motifs is 1. The molecule has 3 nitrogen and oxygen atoms in total. The van der Waals surface area contributed by atoms with Crippen molar-refractivity contribution < 1.29 is 9.50 Å². The summed E-state index contributed by atoms with van der Waals surface area (Å²) in [5.74, 6) is -0.148. The number of aliphatic hydroxyl groups excluding tert-OH is 1. The number of nitrogens with one attached hydrogen (secondary N) is 1. The van der Waals surface area contributed by atoms with Gasteiger partial charge in [0.25, 0.3) is 0 Å². The summed E-state index contributed by atoms with van der Waals surface area (Å²) in [6.45, 7) is 2.23. The van der Waals surface area contributed by atoms with Gasteiger partial charge in [-0.15, -0.1) is 0 Å². The van der Waals surface area contributed by atoms with Crippen LogP contribution in [0.5, 0.6) is 0 Å². The molecule has 4 heteroatoms. The summed E-state index contributed by atoms with van der Waals surface area (Å²) in [4.78, 5) is 5.37. The molecular weight excluding hydrogens is 267 g/mol. The van der Waals surface area contributed by atoms with Crippen LogP contribution in [0.2, 0.25) is 0 Å². The quantitative estimate of drug-likeness (QED) is 0.891. The third-order valence-corrected chi connectivity index (χ3v) is 5.28. The molecule has 1 aromatic carbocycles. The lowest BCUT2D eigenvalue weighted by atomic mass is 9.64. The molecule has 2 fully saturated rings. The lowest BCUT2D eigenvalue weighted by molar-refractivity contribution is -0.0528. The van der Waals surface area contributed by atoms with Crippen molar-refractivity contribution in [3.63, 3.8) is 0 Å². The van der Waals surface area contributed by atoms with E-state index >= 15 is 0 Å². The molecule has 0 radical (unpaired) electrons. The molecule has 4 rings (SSSR count). The fourth-order valence-corrected chi connectivity index (χ4v) is 4.18. The molecule has 2 heterocycles. The van der Waals surface area contributed by atoms with Gasteiger partial charge < -0.3 is 10.1 Å². The van der Waals surface area contributed by atoms with E-state index in [1.54, 1.807) is 6.07 Å². The summed E-state index contributed by atoms with van der Waals surface area (Å²) in [5, 5.41) is 11.1. The number of β-amino-alcohol motifs (C(OH)–C–C–N with tert-alkyl or cyclic N) is 1. The summed E-state index contributed by atoms with van der Waals surface area (Å²) < 4.78 is 14.2. The Hall–Kier alpha value is -1.39. The first-order chi connectivity index (χ1) is 10.2. The van der Waals surface area contributed by atoms with Gasteiger partial charge in [0.15, 0.2) is 0 Å². The molecule has 1 atom stereocenters. The molecule has 2 aromatic rings. The van der Waals surface area contributed by atoms with E-state index in [1.165, 1.54) is 25.3 Å². The Bertz CT molecular complexity index is 662. The zero-order valence-electron chi connectivity index (χ0n) is 12.1. The Morgan fingerprint density at radius 1 is 1.33 bits per heavy atom. The van der Waals surface area contributed by atoms with Gasteiger partial charge in [-0.3, -0.25) is 4.90 Å². The molecule has 2 aliphatic rings. The van der Waals surface area contributed by atoms with Crippen LogP contribution in [-0.2, 0) is 6.54 Å². The third kappa shape index (κ3) is 2.27. The number of benzene rings is 1. The number of rotatable bonds is 2. The second-order valence-electron chi connectivity index (χ2n) is 6.85. The average Bonchev–Trinajstić information content (AvgIpc) is 2.88. The van der Waals surface area contributed by atoms with Crippen LogP contribution in [0, 0.1) is 11.2 Å². The van der Waals surface area contributed by atoms with E-state index in [0.29, 0.717) is 18.5 Å². The van der Waals surface area contributed by atoms with E-state index in [2.05, 4.69) is 9.88 Å². The molecule has 1 saturated carbocycles. The van der Waals surface area contributed by atoms with Gasteiger partial charge in [0, 0.05) is 42.3 Å². The lowest BCUT2D eigenvalue weighted by Crippen LogP contribution is -2.52. The molecule has 1 aliphatic carbocycles. The van der Waals surface area contributed by atoms with Crippen molar-refractivity contribution >= 4 is 10.9 Å². The van der Waals surface area contributed by atoms with Crippen molar-refractivity contribution in [2.24, 2.45) is 5.41 Å². The fourth-order valence-electron chi connectivity index (χ4n) is 4.18. The Balaban J connectivity index is 1.62. The van der Waals surface area contributed by atoms with Gasteiger partial charge in [0.05, 0.1) is 6.10 Å². The SMILES string of the molecule is OC1CN(Cc2c(F)ccc3[nH]ccc23)CC2(CCC2)C1. The fraction of sp³-hybridized carbons (Fsp3) is 0.529. The summed E-state index contributed by atoms with van der Waals surface area (Å²) in [6.07, 6.45) is 6.18. The van der Waals surface area contributed by atoms with Gasteiger partial charge in [-0.05, 0) is 42.9 Å². The normalized spacial score (nSPS) is 25.3. The first-order valence-electron chi connectivity index (χ1n) is 7.80. The summed E-state index contributed by atoms with van der Waals surface area (Å²) in [5.41, 5.74) is 2.01. The van der Waals surface area contributed by atoms with E-state index in [1.807, 2.05) is 12.3 Å². The topological polar surface area (TPSA) is 39.3 Å². The zero-order chi connectivity index (χ0) is 14.4. The molecule has 21 heavy (non-hydrogen) atoms. The van der Waals surface area contributed by atoms with Crippen LogP contribution in [0.15, 0.2) is 24.4 Å². The van der Waals surface area contributed by atoms with Crippen molar-refractivity contribution in [3.05, 3.63) is 35.8 Å². The number of aromatic amines is 1. The Morgan fingerprint density at radius 3 is 2.95 bits per heavy atom. The van der Waals surface area contributed by atoms with Gasteiger partial charge >= 0.3 is 0 Å². The maximum Gasteiger partial charge on any atom is 0.128 e. The van der Waals surface area contributed by atoms with E-state index in [-0.39, 0.29) is 11.9 Å². The summed E-state index contributed by atoms with van der Waals surface area (Å²) in [7, 11) is 0. The molecule has 0 bridgehead atoms. The molecule has 1 aliphatic heterocycles. The van der Waals surface area contributed by atoms with Crippen LogP contribution in [0.25, 0.3) is 10.9 Å². The van der Waals surface area contributed by atoms with Gasteiger partial charge in [0.1, 0.15) is 5.82 Å². The smallest absolute Gasteiger partial charge is 0.128 e. The van der Waals surface area contributed by atoms with E-state index in [4.69, 9.17) is 0 Å². The van der Waals surface area contributed by atoms with Crippen LogP contribution < -0.4 is 0 Å². The van der Waals surface area contributed by atoms with Crippen LogP contribution in [0.3, 0.4) is 0 Å². The zero-order valence-corrected chi connectivity index (χ0v) is 12.1. The molecule has 0 amide bonds. The van der Waals surface area contributed by atoms with Crippen molar-refractivity contribution in [2.45, 2.75) is 38.3 Å². The average molecular weight is 288 g/mol. The monoisotopic (exact) mass is 288 g/mol. The largest absolute Gasteiger partial charge is 0.392 e. The predicted molar refractivity (Wildman–Crippen MR) is 80.4 cm³/mol. The molecule has 2 N–H and O–H groups in total. The maximum atomic E-state index is 14.2. The molecular formula is C17H21FN2O. The number of halogens is 1. The van der Waals surface area contributed by atoms with E-state index < -0.39 is 0 Å². The molecule has 1 spiro atoms. The minimum absolute atomic E-state index is 0.148. The molecule has 112 valence electrons. The molecule has 1 unspecified atom stereocenters. The highest BCUT2D eigenvalue weighted by Gasteiger charge is 2.43. The number of aliphatic hydroxyl groups is 1. The second-order valence-corrected chi connectivity index (χ2v) is 6.85. The minimum atomic E-state index is -0.271. The Morgan fingerprint density at radius 2 is 2.19 bits per heavy atom. The summed E-state index contributed by atoms with van der Waals surface area (Å²) >= 11 is 0. The highest BCUT2D eigenvalue weighted by atomic mass is 19.1. The van der Waals surface area contributed by atoms with Crippen molar-refractivity contribution in [1.82, 2.24) is 9.88 Å². The molecule has 1 saturated heterocycles. The first kappa shape index (κ1) is 13.3. The number of aromatic nitrogens is 1. The summed E-state index contributed by atoms with van der Waals surface area (Å²) in [6, 6.07) is 5.26. The number of H-pyrrole nitrogens is 1. The Kier molecular flexibility index (Phi) is 3.05. The standard InChI is InChI=1S/C17H21FN2O/c18-15-2-3-16-13(4-7-19-16)14(15)10-20-9-12(21)8-17(11-20)5-1-6-17/h2-4,7,12,19,21H,1,5-6,8-11H2. The van der Waals surface area contributed by atoms with Crippen molar-refractivity contribution in [2.75, 3.05) is 13.1 Å². The lowest BCUT2D eigenvalue weighted by Gasteiger charge is -2.50. The predicted octanol–water partition coefficient (Wildman–Crippen LogP) is 3.04. The Labute approximate surface area is 123 Å². The van der Waals surface area contributed by atoms with Crippen molar-refractivity contribution in [3.8, 4) is 0 Å². The number of piperidine rings is 1. The highest BCUT2D eigenvalue weighted by Crippen LogP contribution is 2.47. The third-order valence-electron chi connectivity index (χ3n) is 5.28. The van der Waals surface area contributed by atoms with Crippen LogP contribution in [0.1, 0.15) is 31.2 Å². The van der Waals surface area contributed by atoms with Crippen molar-refractivity contribution in [1.29, 1.82) is 0 Å². The number of nitrogens with zero attached hydrogens (tertiary/aromatic N) is 1. The van der Waals surface area contributed by atoms with E-state index in [0.717, 1.165) is 29.4 Å². The van der Waals surface area contributed by atoms with Crippen LogP contribution >= 0.6 is 0 Å². The molecule has 1 aromatic heterocycles. The van der Waals surface area contributed by atoms with Crippen LogP contribution in [0.4, 0.5) is 4.39 Å². The minimum Gasteiger partial charge on any atom is -0.392 e. The van der Waals surface area contributed by atoms with Gasteiger partial charge in [-0.2, -0.15) is 0 Å². The van der Waals surface area contributed by atoms with Gasteiger partial charge in [-0.1, -0.05) is 6.42 Å². The van der Waals surface area contributed by atoms with E-state index in [9.17, 15) is 9.50 Å². The number of hydrogen-bond donors (Lipinski definition) is 2. The van der Waals surface area contributed by atoms with Crippen LogP contribution in [-0.4, -0.2) is 34.2 Å². The second kappa shape index (κ2) is 4.82. The van der Waals surface area contributed by atoms with Gasteiger partial charge in [-0.25, -0.2) is 4.39 Å². The number of likely N-dealkylation sites (tertiary alicyclic amines) is 1. The highest BCUT2D eigenvalue weighted by molar-refractivity contribution is 5.83. The maximum absolute atomic E-state index is 14.2. The first-order valence-corrected chi connectivity index (χ1v) is 7.80. The number of hydrogen-bond acceptors (Lipinski definition) is 2.